The Balaban J connectivity index is 2.06. The number of hydrogen-bond donors (Lipinski definition) is 2. The van der Waals surface area contributed by atoms with Gasteiger partial charge in [0, 0.05) is 5.41 Å². The number of rotatable bonds is 2. The molecule has 1 saturated carbocycles. The van der Waals surface area contributed by atoms with Crippen LogP contribution in [0.3, 0.4) is 0 Å². The van der Waals surface area contributed by atoms with Crippen LogP contribution in [0, 0.1) is 5.41 Å². The normalized spacial score (nSPS) is 29.8. The maximum Gasteiger partial charge on any atom is 0.0682 e. The van der Waals surface area contributed by atoms with Crippen molar-refractivity contribution >= 4 is 6.08 Å². The second-order valence-electron chi connectivity index (χ2n) is 5.64. The summed E-state index contributed by atoms with van der Waals surface area (Å²) in [7, 11) is 0. The predicted octanol–water partition coefficient (Wildman–Crippen LogP) is 2.84. The first-order valence-electron chi connectivity index (χ1n) is 6.83. The van der Waals surface area contributed by atoms with Crippen LogP contribution in [-0.2, 0) is 6.61 Å². The number of benzene rings is 1. The Bertz CT molecular complexity index is 478. The van der Waals surface area contributed by atoms with Gasteiger partial charge in [-0.15, -0.1) is 0 Å². The molecule has 3 rings (SSSR count). The fraction of sp³-hybridized carbons (Fsp3) is 0.500. The first-order valence-corrected chi connectivity index (χ1v) is 6.83. The van der Waals surface area contributed by atoms with E-state index in [-0.39, 0.29) is 18.6 Å². The van der Waals surface area contributed by atoms with Gasteiger partial charge in [-0.25, -0.2) is 0 Å². The van der Waals surface area contributed by atoms with E-state index in [9.17, 15) is 10.2 Å². The van der Waals surface area contributed by atoms with Gasteiger partial charge in [0.1, 0.15) is 0 Å². The van der Waals surface area contributed by atoms with Crippen molar-refractivity contribution in [2.45, 2.75) is 38.2 Å². The summed E-state index contributed by atoms with van der Waals surface area (Å²) in [6.07, 6.45) is 9.06. The van der Waals surface area contributed by atoms with Crippen LogP contribution in [0.4, 0.5) is 0 Å². The van der Waals surface area contributed by atoms with Gasteiger partial charge in [-0.2, -0.15) is 0 Å². The lowest BCUT2D eigenvalue weighted by atomic mass is 9.61. The largest absolute Gasteiger partial charge is 0.395 e. The fourth-order valence-electron chi connectivity index (χ4n) is 3.61. The van der Waals surface area contributed by atoms with Crippen LogP contribution in [0.2, 0.25) is 0 Å². The molecule has 2 atom stereocenters. The number of hydrogen-bond acceptors (Lipinski definition) is 2. The fourth-order valence-corrected chi connectivity index (χ4v) is 3.61. The van der Waals surface area contributed by atoms with E-state index in [1.54, 1.807) is 0 Å². The standard InChI is InChI=1S/C16H20O2/c17-10-12-4-5-14-13(9-12)6-8-16(11-18)7-2-1-3-15(14)16/h4-6,8-9,15,17-18H,1-3,7,10-11H2/t15-,16+/m0/s1. The zero-order valence-corrected chi connectivity index (χ0v) is 10.6. The van der Waals surface area contributed by atoms with Gasteiger partial charge in [0.05, 0.1) is 13.2 Å². The maximum atomic E-state index is 9.81. The highest BCUT2D eigenvalue weighted by Gasteiger charge is 2.41. The van der Waals surface area contributed by atoms with Gasteiger partial charge < -0.3 is 10.2 Å². The molecule has 2 nitrogen and oxygen atoms in total. The summed E-state index contributed by atoms with van der Waals surface area (Å²) >= 11 is 0. The minimum atomic E-state index is -0.0357. The van der Waals surface area contributed by atoms with E-state index in [2.05, 4.69) is 24.3 Å². The van der Waals surface area contributed by atoms with Crippen LogP contribution < -0.4 is 0 Å². The molecule has 0 spiro atoms. The highest BCUT2D eigenvalue weighted by molar-refractivity contribution is 5.61. The number of fused-ring (bicyclic) bond motifs is 3. The monoisotopic (exact) mass is 244 g/mol. The molecule has 0 unspecified atom stereocenters. The predicted molar refractivity (Wildman–Crippen MR) is 72.1 cm³/mol. The first-order chi connectivity index (χ1) is 8.79. The summed E-state index contributed by atoms with van der Waals surface area (Å²) in [6.45, 7) is 0.340. The molecule has 0 saturated heterocycles. The van der Waals surface area contributed by atoms with Crippen molar-refractivity contribution in [3.63, 3.8) is 0 Å². The molecule has 18 heavy (non-hydrogen) atoms. The van der Waals surface area contributed by atoms with E-state index < -0.39 is 0 Å². The molecule has 1 fully saturated rings. The van der Waals surface area contributed by atoms with Gasteiger partial charge in [0.25, 0.3) is 0 Å². The van der Waals surface area contributed by atoms with E-state index in [1.165, 1.54) is 24.0 Å². The van der Waals surface area contributed by atoms with Crippen molar-refractivity contribution in [3.05, 3.63) is 41.0 Å². The van der Waals surface area contributed by atoms with Crippen LogP contribution in [0.25, 0.3) is 6.08 Å². The second kappa shape index (κ2) is 4.52. The smallest absolute Gasteiger partial charge is 0.0682 e. The summed E-state index contributed by atoms with van der Waals surface area (Å²) in [6, 6.07) is 6.22. The molecule has 0 bridgehead atoms. The first kappa shape index (κ1) is 11.9. The van der Waals surface area contributed by atoms with Crippen molar-refractivity contribution < 1.29 is 10.2 Å². The van der Waals surface area contributed by atoms with Crippen LogP contribution in [0.15, 0.2) is 24.3 Å². The molecule has 0 aromatic heterocycles. The van der Waals surface area contributed by atoms with E-state index in [1.807, 2.05) is 6.07 Å². The Morgan fingerprint density at radius 2 is 2.11 bits per heavy atom. The Kier molecular flexibility index (Phi) is 3.00. The number of aliphatic hydroxyl groups is 2. The lowest BCUT2D eigenvalue weighted by Crippen LogP contribution is -2.35. The van der Waals surface area contributed by atoms with Gasteiger partial charge >= 0.3 is 0 Å². The SMILES string of the molecule is OCc1ccc2c(c1)C=C[C@@]1(CO)CCCC[C@@H]21. The van der Waals surface area contributed by atoms with Crippen LogP contribution in [-0.4, -0.2) is 16.8 Å². The third-order valence-electron chi connectivity index (χ3n) is 4.68. The third-order valence-corrected chi connectivity index (χ3v) is 4.68. The van der Waals surface area contributed by atoms with Gasteiger partial charge in [-0.3, -0.25) is 0 Å². The molecule has 2 N–H and O–H groups in total. The Morgan fingerprint density at radius 3 is 2.89 bits per heavy atom. The lowest BCUT2D eigenvalue weighted by Gasteiger charge is -2.44. The van der Waals surface area contributed by atoms with Crippen molar-refractivity contribution in [2.24, 2.45) is 5.41 Å². The molecule has 0 amide bonds. The quantitative estimate of drug-likeness (QED) is 0.840. The second-order valence-corrected chi connectivity index (χ2v) is 5.64. The molecule has 0 radical (unpaired) electrons. The van der Waals surface area contributed by atoms with E-state index in [0.717, 1.165) is 18.4 Å². The summed E-state index contributed by atoms with van der Waals surface area (Å²) in [5.74, 6) is 0.448. The van der Waals surface area contributed by atoms with Gasteiger partial charge in [0.2, 0.25) is 0 Å². The third kappa shape index (κ3) is 1.72. The van der Waals surface area contributed by atoms with Gasteiger partial charge in [-0.05, 0) is 41.5 Å². The van der Waals surface area contributed by atoms with Crippen molar-refractivity contribution in [3.8, 4) is 0 Å². The average molecular weight is 244 g/mol. The zero-order chi connectivity index (χ0) is 12.6. The van der Waals surface area contributed by atoms with Gasteiger partial charge in [-0.1, -0.05) is 37.1 Å². The summed E-state index contributed by atoms with van der Waals surface area (Å²) < 4.78 is 0. The zero-order valence-electron chi connectivity index (χ0n) is 10.6. The van der Waals surface area contributed by atoms with Crippen molar-refractivity contribution in [1.29, 1.82) is 0 Å². The van der Waals surface area contributed by atoms with E-state index in [0.29, 0.717) is 5.92 Å². The molecule has 2 aliphatic carbocycles. The molecule has 1 aromatic carbocycles. The Morgan fingerprint density at radius 1 is 1.22 bits per heavy atom. The molecular formula is C16H20O2. The van der Waals surface area contributed by atoms with Crippen molar-refractivity contribution in [2.75, 3.05) is 6.61 Å². The van der Waals surface area contributed by atoms with Crippen molar-refractivity contribution in [1.82, 2.24) is 0 Å². The molecule has 0 heterocycles. The Labute approximate surface area is 108 Å². The lowest BCUT2D eigenvalue weighted by molar-refractivity contribution is 0.103. The minimum absolute atomic E-state index is 0.0357. The molecule has 2 heteroatoms. The molecule has 96 valence electrons. The molecular weight excluding hydrogens is 224 g/mol. The van der Waals surface area contributed by atoms with Crippen LogP contribution >= 0.6 is 0 Å². The Hall–Kier alpha value is -1.12. The molecule has 2 aliphatic rings. The molecule has 1 aromatic rings. The summed E-state index contributed by atoms with van der Waals surface area (Å²) in [5, 5.41) is 19.0. The highest BCUT2D eigenvalue weighted by atomic mass is 16.3. The van der Waals surface area contributed by atoms with Gasteiger partial charge in [0.15, 0.2) is 0 Å². The number of aliphatic hydroxyl groups excluding tert-OH is 2. The van der Waals surface area contributed by atoms with E-state index >= 15 is 0 Å². The summed E-state index contributed by atoms with van der Waals surface area (Å²) in [5.41, 5.74) is 3.50. The average Bonchev–Trinajstić information content (AvgIpc) is 2.46. The highest BCUT2D eigenvalue weighted by Crippen LogP contribution is 2.51. The summed E-state index contributed by atoms with van der Waals surface area (Å²) in [4.78, 5) is 0. The maximum absolute atomic E-state index is 9.81. The van der Waals surface area contributed by atoms with Crippen LogP contribution in [0.1, 0.15) is 48.3 Å². The minimum Gasteiger partial charge on any atom is -0.395 e. The molecule has 0 aliphatic heterocycles. The van der Waals surface area contributed by atoms with Crippen LogP contribution in [0.5, 0.6) is 0 Å². The topological polar surface area (TPSA) is 40.5 Å². The van der Waals surface area contributed by atoms with E-state index in [4.69, 9.17) is 0 Å².